The summed E-state index contributed by atoms with van der Waals surface area (Å²) in [4.78, 5) is 4.43. The van der Waals surface area contributed by atoms with Crippen molar-refractivity contribution in [1.29, 1.82) is 0 Å². The average molecular weight is 214 g/mol. The van der Waals surface area contributed by atoms with Crippen LogP contribution in [-0.2, 0) is 0 Å². The third-order valence-corrected chi connectivity index (χ3v) is 3.02. The van der Waals surface area contributed by atoms with Crippen LogP contribution in [0.2, 0.25) is 0 Å². The lowest BCUT2D eigenvalue weighted by Gasteiger charge is -2.19. The van der Waals surface area contributed by atoms with Gasteiger partial charge in [-0.25, -0.2) is 0 Å². The minimum Gasteiger partial charge on any atom is -0.381 e. The molecule has 16 heavy (non-hydrogen) atoms. The number of nitrogens with one attached hydrogen (secondary N) is 1. The minimum atomic E-state index is 0.451. The Morgan fingerprint density at radius 3 is 2.56 bits per heavy atom. The van der Waals surface area contributed by atoms with Gasteiger partial charge in [-0.15, -0.1) is 0 Å². The lowest BCUT2D eigenvalue weighted by atomic mass is 10.1. The Morgan fingerprint density at radius 2 is 1.81 bits per heavy atom. The number of anilines is 1. The standard InChI is InChI=1S/C14H18N2/c1-10(2)11(3)16-13-8-4-6-12-7-5-9-15-14(12)13/h4-11,16H,1-3H3. The van der Waals surface area contributed by atoms with E-state index in [1.165, 1.54) is 5.39 Å². The van der Waals surface area contributed by atoms with Crippen molar-refractivity contribution in [2.75, 3.05) is 5.32 Å². The lowest BCUT2D eigenvalue weighted by molar-refractivity contribution is 0.560. The van der Waals surface area contributed by atoms with E-state index < -0.39 is 0 Å². The highest BCUT2D eigenvalue weighted by Crippen LogP contribution is 2.22. The Kier molecular flexibility index (Phi) is 3.09. The van der Waals surface area contributed by atoms with Crippen molar-refractivity contribution in [2.24, 2.45) is 5.92 Å². The molecule has 2 heteroatoms. The number of nitrogens with zero attached hydrogens (tertiary/aromatic N) is 1. The Morgan fingerprint density at radius 1 is 1.06 bits per heavy atom. The molecule has 0 aliphatic heterocycles. The van der Waals surface area contributed by atoms with E-state index in [-0.39, 0.29) is 0 Å². The smallest absolute Gasteiger partial charge is 0.0933 e. The number of aromatic nitrogens is 1. The third kappa shape index (κ3) is 2.16. The number of fused-ring (bicyclic) bond motifs is 1. The second kappa shape index (κ2) is 4.52. The van der Waals surface area contributed by atoms with E-state index in [2.05, 4.69) is 55.3 Å². The fourth-order valence-corrected chi connectivity index (χ4v) is 1.63. The van der Waals surface area contributed by atoms with Gasteiger partial charge in [-0.1, -0.05) is 32.0 Å². The first kappa shape index (κ1) is 10.9. The molecule has 0 fully saturated rings. The van der Waals surface area contributed by atoms with Crippen LogP contribution in [0.1, 0.15) is 20.8 Å². The van der Waals surface area contributed by atoms with Crippen molar-refractivity contribution in [3.8, 4) is 0 Å². The second-order valence-electron chi connectivity index (χ2n) is 4.56. The molecule has 2 rings (SSSR count). The molecule has 2 nitrogen and oxygen atoms in total. The van der Waals surface area contributed by atoms with E-state index >= 15 is 0 Å². The molecule has 0 saturated heterocycles. The van der Waals surface area contributed by atoms with Crippen LogP contribution in [0.4, 0.5) is 5.69 Å². The number of para-hydroxylation sites is 1. The molecule has 0 aliphatic rings. The summed E-state index contributed by atoms with van der Waals surface area (Å²) in [6.07, 6.45) is 1.84. The van der Waals surface area contributed by atoms with E-state index in [1.54, 1.807) is 0 Å². The van der Waals surface area contributed by atoms with Gasteiger partial charge in [0.1, 0.15) is 0 Å². The summed E-state index contributed by atoms with van der Waals surface area (Å²) in [5.74, 6) is 0.610. The molecule has 0 radical (unpaired) electrons. The monoisotopic (exact) mass is 214 g/mol. The first-order chi connectivity index (χ1) is 7.68. The van der Waals surface area contributed by atoms with Gasteiger partial charge in [0, 0.05) is 17.6 Å². The predicted octanol–water partition coefficient (Wildman–Crippen LogP) is 3.69. The van der Waals surface area contributed by atoms with Gasteiger partial charge in [0.2, 0.25) is 0 Å². The summed E-state index contributed by atoms with van der Waals surface area (Å²) in [5.41, 5.74) is 2.18. The van der Waals surface area contributed by atoms with E-state index in [4.69, 9.17) is 0 Å². The van der Waals surface area contributed by atoms with Crippen LogP contribution in [0.25, 0.3) is 10.9 Å². The van der Waals surface area contributed by atoms with Crippen LogP contribution in [0.15, 0.2) is 36.5 Å². The van der Waals surface area contributed by atoms with Gasteiger partial charge >= 0.3 is 0 Å². The van der Waals surface area contributed by atoms with Gasteiger partial charge in [-0.05, 0) is 25.0 Å². The van der Waals surface area contributed by atoms with Crippen LogP contribution >= 0.6 is 0 Å². The third-order valence-electron chi connectivity index (χ3n) is 3.02. The van der Waals surface area contributed by atoms with Crippen LogP contribution in [0.5, 0.6) is 0 Å². The largest absolute Gasteiger partial charge is 0.381 e. The quantitative estimate of drug-likeness (QED) is 0.842. The van der Waals surface area contributed by atoms with E-state index in [1.807, 2.05) is 12.3 Å². The Hall–Kier alpha value is -1.57. The number of hydrogen-bond acceptors (Lipinski definition) is 2. The topological polar surface area (TPSA) is 24.9 Å². The summed E-state index contributed by atoms with van der Waals surface area (Å²) in [6, 6.07) is 10.8. The predicted molar refractivity (Wildman–Crippen MR) is 69.7 cm³/mol. The Labute approximate surface area is 96.7 Å². The van der Waals surface area contributed by atoms with E-state index in [0.29, 0.717) is 12.0 Å². The summed E-state index contributed by atoms with van der Waals surface area (Å²) in [5, 5.41) is 4.71. The fourth-order valence-electron chi connectivity index (χ4n) is 1.63. The molecule has 1 unspecified atom stereocenters. The van der Waals surface area contributed by atoms with Gasteiger partial charge in [0.05, 0.1) is 11.2 Å². The highest BCUT2D eigenvalue weighted by molar-refractivity contribution is 5.90. The zero-order valence-corrected chi connectivity index (χ0v) is 10.1. The van der Waals surface area contributed by atoms with Gasteiger partial charge in [0.15, 0.2) is 0 Å². The molecule has 0 amide bonds. The summed E-state index contributed by atoms with van der Waals surface area (Å²) in [7, 11) is 0. The van der Waals surface area contributed by atoms with Crippen LogP contribution < -0.4 is 5.32 Å². The number of hydrogen-bond donors (Lipinski definition) is 1. The molecule has 1 N–H and O–H groups in total. The molecule has 1 heterocycles. The first-order valence-corrected chi connectivity index (χ1v) is 5.79. The van der Waals surface area contributed by atoms with Crippen molar-refractivity contribution >= 4 is 16.6 Å². The van der Waals surface area contributed by atoms with Crippen molar-refractivity contribution in [1.82, 2.24) is 4.98 Å². The van der Waals surface area contributed by atoms with Crippen molar-refractivity contribution in [2.45, 2.75) is 26.8 Å². The fraction of sp³-hybridized carbons (Fsp3) is 0.357. The summed E-state index contributed by atoms with van der Waals surface area (Å²) < 4.78 is 0. The SMILES string of the molecule is CC(C)C(C)Nc1cccc2cccnc12. The zero-order valence-electron chi connectivity index (χ0n) is 10.1. The maximum absolute atomic E-state index is 4.43. The summed E-state index contributed by atoms with van der Waals surface area (Å²) >= 11 is 0. The van der Waals surface area contributed by atoms with E-state index in [0.717, 1.165) is 11.2 Å². The zero-order chi connectivity index (χ0) is 11.5. The molecule has 1 aromatic heterocycles. The van der Waals surface area contributed by atoms with Gasteiger partial charge in [0.25, 0.3) is 0 Å². The van der Waals surface area contributed by atoms with E-state index in [9.17, 15) is 0 Å². The van der Waals surface area contributed by atoms with Crippen molar-refractivity contribution < 1.29 is 0 Å². The summed E-state index contributed by atoms with van der Waals surface area (Å²) in [6.45, 7) is 6.64. The number of rotatable bonds is 3. The van der Waals surface area contributed by atoms with Gasteiger partial charge < -0.3 is 5.32 Å². The molecule has 0 spiro atoms. The van der Waals surface area contributed by atoms with Crippen molar-refractivity contribution in [3.63, 3.8) is 0 Å². The Bertz CT molecular complexity index is 472. The number of benzene rings is 1. The molecule has 0 aliphatic carbocycles. The Balaban J connectivity index is 2.37. The molecule has 0 saturated carbocycles. The molecule has 0 bridgehead atoms. The second-order valence-corrected chi connectivity index (χ2v) is 4.56. The number of pyridine rings is 1. The maximum atomic E-state index is 4.43. The van der Waals surface area contributed by atoms with Gasteiger partial charge in [-0.3, -0.25) is 4.98 Å². The average Bonchev–Trinajstić information content (AvgIpc) is 2.29. The van der Waals surface area contributed by atoms with Crippen LogP contribution in [-0.4, -0.2) is 11.0 Å². The normalized spacial score (nSPS) is 13.0. The maximum Gasteiger partial charge on any atom is 0.0933 e. The lowest BCUT2D eigenvalue weighted by Crippen LogP contribution is -2.21. The van der Waals surface area contributed by atoms with Crippen LogP contribution in [0, 0.1) is 5.92 Å². The highest BCUT2D eigenvalue weighted by atomic mass is 14.9. The first-order valence-electron chi connectivity index (χ1n) is 5.79. The molecule has 1 atom stereocenters. The van der Waals surface area contributed by atoms with Crippen molar-refractivity contribution in [3.05, 3.63) is 36.5 Å². The molecular formula is C14H18N2. The van der Waals surface area contributed by atoms with Crippen LogP contribution in [0.3, 0.4) is 0 Å². The molecule has 1 aromatic carbocycles. The molecule has 84 valence electrons. The van der Waals surface area contributed by atoms with Gasteiger partial charge in [-0.2, -0.15) is 0 Å². The minimum absolute atomic E-state index is 0.451. The molecular weight excluding hydrogens is 196 g/mol. The molecule has 2 aromatic rings. The highest BCUT2D eigenvalue weighted by Gasteiger charge is 2.08.